The molecule has 0 unspecified atom stereocenters. The zero-order valence-corrected chi connectivity index (χ0v) is 41.6. The molecule has 0 aromatic carbocycles. The highest BCUT2D eigenvalue weighted by Crippen LogP contribution is 2.51. The zero-order valence-electron chi connectivity index (χ0n) is 35.9. The number of thiophene rings is 3. The Hall–Kier alpha value is -2.26. The van der Waals surface area contributed by atoms with Crippen LogP contribution in [0.1, 0.15) is 181 Å². The lowest BCUT2D eigenvalue weighted by Crippen LogP contribution is -2.31. The van der Waals surface area contributed by atoms with Crippen LogP contribution in [0.3, 0.4) is 0 Å². The first kappa shape index (κ1) is 50.4. The summed E-state index contributed by atoms with van der Waals surface area (Å²) in [5.74, 6) is -0.503. The Balaban J connectivity index is 1.41. The number of hydrogen-bond donors (Lipinski definition) is 0. The van der Waals surface area contributed by atoms with Crippen molar-refractivity contribution in [2.45, 2.75) is 162 Å². The summed E-state index contributed by atoms with van der Waals surface area (Å²) in [5.41, 5.74) is 2.80. The lowest BCUT2D eigenvalue weighted by molar-refractivity contribution is 0.0539. The quantitative estimate of drug-likeness (QED) is 0.0356. The van der Waals surface area contributed by atoms with Crippen molar-refractivity contribution in [1.82, 2.24) is 4.90 Å². The van der Waals surface area contributed by atoms with Crippen molar-refractivity contribution in [2.24, 2.45) is 0 Å². The maximum Gasteiger partial charge on any atom is 0.508 e. The van der Waals surface area contributed by atoms with E-state index >= 15 is 0 Å². The fraction of sp³-hybridized carbons (Fsp3) is 0.652. The van der Waals surface area contributed by atoms with Gasteiger partial charge in [-0.2, -0.15) is 0 Å². The number of amides is 2. The summed E-state index contributed by atoms with van der Waals surface area (Å²) >= 11 is 11.9. The van der Waals surface area contributed by atoms with Crippen LogP contribution in [0, 0.1) is 0 Å². The third-order valence-corrected chi connectivity index (χ3v) is 16.1. The van der Waals surface area contributed by atoms with E-state index in [0.29, 0.717) is 43.7 Å². The molecule has 3 aromatic heterocycles. The molecule has 1 aliphatic heterocycles. The molecule has 0 spiro atoms. The van der Waals surface area contributed by atoms with E-state index in [1.165, 1.54) is 96.7 Å². The number of carbonyl (C=O) groups is 4. The summed E-state index contributed by atoms with van der Waals surface area (Å²) in [6.45, 7) is 8.03. The smallest absolute Gasteiger partial charge is 0.434 e. The Morgan fingerprint density at radius 3 is 1.25 bits per heavy atom. The first-order valence-corrected chi connectivity index (χ1v) is 26.4. The van der Waals surface area contributed by atoms with E-state index in [4.69, 9.17) is 18.9 Å². The van der Waals surface area contributed by atoms with Crippen molar-refractivity contribution in [1.29, 1.82) is 0 Å². The number of rotatable bonds is 31. The Morgan fingerprint density at radius 2 is 0.850 bits per heavy atom. The number of nitrogens with zero attached hydrogens (tertiary/aromatic N) is 1. The molecule has 1 aliphatic rings. The number of fused-ring (bicyclic) bond motifs is 1. The van der Waals surface area contributed by atoms with Gasteiger partial charge in [-0.25, -0.2) is 9.59 Å². The molecule has 60 heavy (non-hydrogen) atoms. The van der Waals surface area contributed by atoms with Crippen molar-refractivity contribution in [3.05, 3.63) is 42.0 Å². The van der Waals surface area contributed by atoms with Crippen LogP contribution in [0.15, 0.2) is 19.7 Å². The second kappa shape index (κ2) is 28.4. The number of halogens is 2. The van der Waals surface area contributed by atoms with Gasteiger partial charge in [0.05, 0.1) is 54.9 Å². The molecule has 4 heterocycles. The summed E-state index contributed by atoms with van der Waals surface area (Å²) in [6.07, 6.45) is 21.9. The van der Waals surface area contributed by atoms with Gasteiger partial charge in [0.2, 0.25) is 0 Å². The van der Waals surface area contributed by atoms with Crippen LogP contribution in [0.4, 0.5) is 9.59 Å². The summed E-state index contributed by atoms with van der Waals surface area (Å²) < 4.78 is 23.1. The lowest BCUT2D eigenvalue weighted by atomic mass is 10.1. The highest BCUT2D eigenvalue weighted by atomic mass is 79.9. The molecule has 0 N–H and O–H groups in total. The average Bonchev–Trinajstić information content (AvgIpc) is 3.98. The van der Waals surface area contributed by atoms with E-state index in [1.807, 2.05) is 12.1 Å². The summed E-state index contributed by atoms with van der Waals surface area (Å²) in [7, 11) is 0. The van der Waals surface area contributed by atoms with Crippen LogP contribution < -0.4 is 0 Å². The predicted molar refractivity (Wildman–Crippen MR) is 253 cm³/mol. The molecule has 0 bridgehead atoms. The number of hydrogen-bond acceptors (Lipinski definition) is 11. The van der Waals surface area contributed by atoms with Gasteiger partial charge in [0, 0.05) is 29.1 Å². The Bertz CT molecular complexity index is 1670. The summed E-state index contributed by atoms with van der Waals surface area (Å²) in [6, 6.07) is 4.04. The largest absolute Gasteiger partial charge is 0.508 e. The summed E-state index contributed by atoms with van der Waals surface area (Å²) in [4.78, 5) is 57.5. The van der Waals surface area contributed by atoms with Crippen LogP contribution in [0.5, 0.6) is 0 Å². The SMILES string of the molecule is CCCCCCCCCOC(=O)OCCc1cc(-c2sc(-c3cc(CCOC(=O)OCCCCCCCCC)c(Br)s3)c3c2C(=O)N(CCCCCCCC)C3=O)sc1Br. The molecule has 334 valence electrons. The molecule has 3 aromatic rings. The highest BCUT2D eigenvalue weighted by molar-refractivity contribution is 9.11. The van der Waals surface area contributed by atoms with E-state index in [0.717, 1.165) is 109 Å². The van der Waals surface area contributed by atoms with Gasteiger partial charge in [0.25, 0.3) is 11.8 Å². The maximum atomic E-state index is 14.1. The van der Waals surface area contributed by atoms with Gasteiger partial charge in [-0.1, -0.05) is 130 Å². The van der Waals surface area contributed by atoms with Crippen LogP contribution >= 0.6 is 65.9 Å². The van der Waals surface area contributed by atoms with E-state index in [1.54, 1.807) is 0 Å². The second-order valence-corrected chi connectivity index (χ2v) is 21.3. The van der Waals surface area contributed by atoms with Crippen molar-refractivity contribution >= 4 is 90.0 Å². The van der Waals surface area contributed by atoms with Gasteiger partial charge in [0.15, 0.2) is 0 Å². The van der Waals surface area contributed by atoms with Gasteiger partial charge in [-0.15, -0.1) is 34.0 Å². The van der Waals surface area contributed by atoms with Gasteiger partial charge in [-0.05, 0) is 74.4 Å². The fourth-order valence-corrected chi connectivity index (χ4v) is 12.2. The normalized spacial score (nSPS) is 12.4. The summed E-state index contributed by atoms with van der Waals surface area (Å²) in [5, 5.41) is 0. The van der Waals surface area contributed by atoms with E-state index in [-0.39, 0.29) is 25.0 Å². The van der Waals surface area contributed by atoms with Gasteiger partial charge in [0.1, 0.15) is 0 Å². The fourth-order valence-electron chi connectivity index (χ4n) is 7.18. The molecule has 9 nitrogen and oxygen atoms in total. The van der Waals surface area contributed by atoms with Crippen LogP contribution in [-0.2, 0) is 31.8 Å². The Kier molecular flexibility index (Phi) is 23.9. The standard InChI is InChI=1S/C46H65Br2NO8S3/c1-4-7-10-13-16-19-22-27-54-45(52)56-29-24-33-31-35(58-41(33)47)39-37-38(44(51)49(43(37)50)26-21-18-15-12-9-6-3)40(60-39)36-32-34(42(48)59-36)25-30-57-46(53)55-28-23-20-17-14-11-8-5-2/h31-32H,4-30H2,1-3H3. The van der Waals surface area contributed by atoms with Gasteiger partial charge in [-0.3, -0.25) is 14.5 Å². The first-order chi connectivity index (χ1) is 29.2. The maximum absolute atomic E-state index is 14.1. The molecular weight excluding hydrogens is 951 g/mol. The Labute approximate surface area is 386 Å². The minimum Gasteiger partial charge on any atom is -0.434 e. The van der Waals surface area contributed by atoms with Crippen molar-refractivity contribution < 1.29 is 38.1 Å². The van der Waals surface area contributed by atoms with Crippen molar-refractivity contribution in [3.8, 4) is 19.5 Å². The molecule has 0 fully saturated rings. The lowest BCUT2D eigenvalue weighted by Gasteiger charge is -2.14. The molecular formula is C46H65Br2NO8S3. The van der Waals surface area contributed by atoms with Crippen LogP contribution in [-0.4, -0.2) is 62.0 Å². The molecule has 2 amide bonds. The average molecular weight is 1020 g/mol. The third kappa shape index (κ3) is 16.1. The number of ether oxygens (including phenoxy) is 4. The number of imide groups is 1. The van der Waals surface area contributed by atoms with Crippen LogP contribution in [0.25, 0.3) is 19.5 Å². The van der Waals surface area contributed by atoms with E-state index in [9.17, 15) is 19.2 Å². The monoisotopic (exact) mass is 1010 g/mol. The zero-order chi connectivity index (χ0) is 43.1. The molecule has 0 aliphatic carbocycles. The minimum absolute atomic E-state index is 0.161. The third-order valence-electron chi connectivity index (χ3n) is 10.6. The molecule has 4 rings (SSSR count). The van der Waals surface area contributed by atoms with E-state index < -0.39 is 12.3 Å². The molecule has 0 radical (unpaired) electrons. The number of unbranched alkanes of at least 4 members (excludes halogenated alkanes) is 17. The molecule has 0 atom stereocenters. The second-order valence-electron chi connectivity index (χ2n) is 15.5. The first-order valence-electron chi connectivity index (χ1n) is 22.4. The predicted octanol–water partition coefficient (Wildman–Crippen LogP) is 15.6. The van der Waals surface area contributed by atoms with E-state index in [2.05, 4.69) is 52.6 Å². The molecule has 0 saturated heterocycles. The molecule has 0 saturated carbocycles. The molecule has 14 heteroatoms. The van der Waals surface area contributed by atoms with Crippen molar-refractivity contribution in [2.75, 3.05) is 33.0 Å². The highest BCUT2D eigenvalue weighted by Gasteiger charge is 2.42. The number of carbonyl (C=O) groups excluding carboxylic acids is 4. The van der Waals surface area contributed by atoms with Gasteiger partial charge < -0.3 is 18.9 Å². The van der Waals surface area contributed by atoms with Gasteiger partial charge >= 0.3 is 12.3 Å². The topological polar surface area (TPSA) is 108 Å². The minimum atomic E-state index is -0.658. The van der Waals surface area contributed by atoms with Crippen molar-refractivity contribution in [3.63, 3.8) is 0 Å². The Morgan fingerprint density at radius 1 is 0.500 bits per heavy atom. The van der Waals surface area contributed by atoms with Crippen LogP contribution in [0.2, 0.25) is 0 Å².